The van der Waals surface area contributed by atoms with Crippen LogP contribution < -0.4 is 14.8 Å². The average molecular weight is 540 g/mol. The number of nitrogens with one attached hydrogen (secondary N) is 1. The molecule has 0 aromatic heterocycles. The summed E-state index contributed by atoms with van der Waals surface area (Å²) < 4.78 is 30.7. The Balaban J connectivity index is 3.00. The molecule has 0 aliphatic carbocycles. The summed E-state index contributed by atoms with van der Waals surface area (Å²) in [5.74, 6) is -0.986. The molecule has 38 heavy (non-hydrogen) atoms. The normalized spacial score (nSPS) is 12.4. The summed E-state index contributed by atoms with van der Waals surface area (Å²) in [7, 11) is 1.26. The molecule has 0 fully saturated rings. The van der Waals surface area contributed by atoms with E-state index in [4.69, 9.17) is 28.4 Å². The van der Waals surface area contributed by atoms with Crippen LogP contribution in [0.5, 0.6) is 11.5 Å². The number of carbonyl (C=O) groups is 4. The molecule has 0 spiro atoms. The van der Waals surface area contributed by atoms with Crippen LogP contribution in [0.2, 0.25) is 0 Å². The van der Waals surface area contributed by atoms with Gasteiger partial charge in [0.05, 0.1) is 26.2 Å². The van der Waals surface area contributed by atoms with E-state index >= 15 is 0 Å². The van der Waals surface area contributed by atoms with Gasteiger partial charge in [-0.2, -0.15) is 0 Å². The highest BCUT2D eigenvalue weighted by atomic mass is 16.7. The first-order chi connectivity index (χ1) is 18.0. The van der Waals surface area contributed by atoms with Crippen molar-refractivity contribution in [1.82, 2.24) is 5.32 Å². The van der Waals surface area contributed by atoms with Gasteiger partial charge in [-0.25, -0.2) is 9.59 Å². The zero-order valence-corrected chi connectivity index (χ0v) is 23.4. The molecule has 0 saturated heterocycles. The van der Waals surface area contributed by atoms with E-state index in [9.17, 15) is 19.2 Å². The molecule has 0 saturated carbocycles. The van der Waals surface area contributed by atoms with E-state index in [2.05, 4.69) is 5.32 Å². The van der Waals surface area contributed by atoms with Crippen LogP contribution in [0.4, 0.5) is 9.59 Å². The van der Waals surface area contributed by atoms with Crippen LogP contribution in [0.1, 0.15) is 53.5 Å². The Morgan fingerprint density at radius 3 is 1.92 bits per heavy atom. The molecule has 0 amide bonds. The summed E-state index contributed by atoms with van der Waals surface area (Å²) in [4.78, 5) is 48.5. The van der Waals surface area contributed by atoms with Crippen LogP contribution in [0.25, 0.3) is 0 Å². The van der Waals surface area contributed by atoms with Crippen LogP contribution in [-0.2, 0) is 35.0 Å². The Labute approximate surface area is 224 Å². The van der Waals surface area contributed by atoms with Crippen molar-refractivity contribution in [3.8, 4) is 11.5 Å². The lowest BCUT2D eigenvalue weighted by Gasteiger charge is -2.18. The Kier molecular flexibility index (Phi) is 14.8. The van der Waals surface area contributed by atoms with Crippen LogP contribution in [0.15, 0.2) is 18.2 Å². The van der Waals surface area contributed by atoms with Gasteiger partial charge in [0, 0.05) is 6.54 Å². The van der Waals surface area contributed by atoms with E-state index in [1.807, 2.05) is 34.6 Å². The van der Waals surface area contributed by atoms with E-state index in [0.29, 0.717) is 12.0 Å². The van der Waals surface area contributed by atoms with Gasteiger partial charge in [-0.1, -0.05) is 47.6 Å². The second kappa shape index (κ2) is 17.2. The first-order valence-corrected chi connectivity index (χ1v) is 12.8. The number of esters is 2. The smallest absolute Gasteiger partial charge is 0.468 e. The molecule has 0 aliphatic rings. The number of ether oxygens (including phenoxy) is 6. The second-order valence-corrected chi connectivity index (χ2v) is 9.61. The lowest BCUT2D eigenvalue weighted by Crippen LogP contribution is -2.41. The first kappa shape index (κ1) is 32.7. The van der Waals surface area contributed by atoms with Gasteiger partial charge in [-0.3, -0.25) is 9.59 Å². The lowest BCUT2D eigenvalue weighted by atomic mass is 10.1. The van der Waals surface area contributed by atoms with Crippen molar-refractivity contribution in [2.75, 3.05) is 33.5 Å². The molecule has 1 rings (SSSR count). The largest absolute Gasteiger partial charge is 0.513 e. The third-order valence-corrected chi connectivity index (χ3v) is 5.14. The van der Waals surface area contributed by atoms with Crippen LogP contribution in [-0.4, -0.2) is 63.8 Å². The van der Waals surface area contributed by atoms with Crippen LogP contribution in [0.3, 0.4) is 0 Å². The highest BCUT2D eigenvalue weighted by Gasteiger charge is 2.22. The highest BCUT2D eigenvalue weighted by Crippen LogP contribution is 2.30. The molecule has 1 unspecified atom stereocenters. The molecule has 0 heterocycles. The zero-order chi connectivity index (χ0) is 28.7. The van der Waals surface area contributed by atoms with E-state index in [-0.39, 0.29) is 68.0 Å². The van der Waals surface area contributed by atoms with Crippen molar-refractivity contribution in [2.45, 2.75) is 60.4 Å². The fourth-order valence-electron chi connectivity index (χ4n) is 2.86. The number of rotatable bonds is 15. The number of benzene rings is 1. The van der Waals surface area contributed by atoms with Gasteiger partial charge in [0.1, 0.15) is 12.6 Å². The molecule has 11 heteroatoms. The molecule has 0 bridgehead atoms. The number of hydrogen-bond acceptors (Lipinski definition) is 11. The van der Waals surface area contributed by atoms with Gasteiger partial charge in [-0.15, -0.1) is 0 Å². The molecule has 1 N–H and O–H groups in total. The standard InChI is InChI=1S/C27H41NO10/c1-8-19(6)24(29)34-12-11-28-21(25(30)33-7)13-20-9-10-22(37-26(31)35-15-17(2)3)23(14-20)38-27(32)36-16-18(4)5/h9-10,14,17-19,21,28H,8,11-13,15-16H2,1-7H3/t19?,21-/m0/s1. The minimum absolute atomic E-state index is 0.0523. The quantitative estimate of drug-likeness (QED) is 0.148. The summed E-state index contributed by atoms with van der Waals surface area (Å²) >= 11 is 0. The van der Waals surface area contributed by atoms with Gasteiger partial charge in [-0.05, 0) is 42.4 Å². The van der Waals surface area contributed by atoms with Gasteiger partial charge in [0.25, 0.3) is 0 Å². The summed E-state index contributed by atoms with van der Waals surface area (Å²) in [5.41, 5.74) is 0.569. The molecule has 214 valence electrons. The van der Waals surface area contributed by atoms with Crippen molar-refractivity contribution in [3.05, 3.63) is 23.8 Å². The maximum Gasteiger partial charge on any atom is 0.513 e. The highest BCUT2D eigenvalue weighted by molar-refractivity contribution is 5.76. The van der Waals surface area contributed by atoms with E-state index < -0.39 is 24.3 Å². The minimum Gasteiger partial charge on any atom is -0.468 e. The fourth-order valence-corrected chi connectivity index (χ4v) is 2.86. The van der Waals surface area contributed by atoms with Crippen molar-refractivity contribution >= 4 is 24.2 Å². The van der Waals surface area contributed by atoms with Crippen LogP contribution >= 0.6 is 0 Å². The third kappa shape index (κ3) is 12.8. The average Bonchev–Trinajstić information content (AvgIpc) is 2.88. The van der Waals surface area contributed by atoms with Crippen molar-refractivity contribution in [3.63, 3.8) is 0 Å². The van der Waals surface area contributed by atoms with Crippen molar-refractivity contribution in [2.24, 2.45) is 17.8 Å². The van der Waals surface area contributed by atoms with Crippen LogP contribution in [0, 0.1) is 17.8 Å². The third-order valence-electron chi connectivity index (χ3n) is 5.14. The van der Waals surface area contributed by atoms with Gasteiger partial charge in [0.15, 0.2) is 11.5 Å². The van der Waals surface area contributed by atoms with E-state index in [0.717, 1.165) is 0 Å². The van der Waals surface area contributed by atoms with Gasteiger partial charge >= 0.3 is 24.2 Å². The summed E-state index contributed by atoms with van der Waals surface area (Å²) in [5, 5.41) is 3.01. The number of hydrogen-bond donors (Lipinski definition) is 1. The molecule has 0 aliphatic heterocycles. The Bertz CT molecular complexity index is 915. The van der Waals surface area contributed by atoms with E-state index in [1.165, 1.54) is 19.2 Å². The van der Waals surface area contributed by atoms with Gasteiger partial charge in [0.2, 0.25) is 0 Å². The lowest BCUT2D eigenvalue weighted by molar-refractivity contribution is -0.147. The zero-order valence-electron chi connectivity index (χ0n) is 23.4. The van der Waals surface area contributed by atoms with Crippen molar-refractivity contribution in [1.29, 1.82) is 0 Å². The molecule has 2 atom stereocenters. The monoisotopic (exact) mass is 539 g/mol. The molecule has 11 nitrogen and oxygen atoms in total. The number of carbonyl (C=O) groups excluding carboxylic acids is 4. The molecule has 0 radical (unpaired) electrons. The minimum atomic E-state index is -0.970. The predicted octanol–water partition coefficient (Wildman–Crippen LogP) is 4.29. The summed E-state index contributed by atoms with van der Waals surface area (Å²) in [6.07, 6.45) is -1.11. The maximum absolute atomic E-state index is 12.4. The topological polar surface area (TPSA) is 136 Å². The van der Waals surface area contributed by atoms with E-state index in [1.54, 1.807) is 13.0 Å². The number of methoxy groups -OCH3 is 1. The predicted molar refractivity (Wildman–Crippen MR) is 138 cm³/mol. The fraction of sp³-hybridized carbons (Fsp3) is 0.630. The molecule has 1 aromatic carbocycles. The molecule has 1 aromatic rings. The summed E-state index contributed by atoms with van der Waals surface area (Å²) in [6.45, 7) is 11.8. The Morgan fingerprint density at radius 1 is 0.816 bits per heavy atom. The molecular weight excluding hydrogens is 498 g/mol. The maximum atomic E-state index is 12.4. The summed E-state index contributed by atoms with van der Waals surface area (Å²) in [6, 6.07) is 3.71. The second-order valence-electron chi connectivity index (χ2n) is 9.61. The SMILES string of the molecule is CCC(C)C(=O)OCCN[C@@H](Cc1ccc(OC(=O)OCC(C)C)c(OC(=O)OCC(C)C)c1)C(=O)OC. The Hall–Kier alpha value is -3.34. The van der Waals surface area contributed by atoms with Crippen molar-refractivity contribution < 1.29 is 47.6 Å². The van der Waals surface area contributed by atoms with Gasteiger partial charge < -0.3 is 33.7 Å². The Morgan fingerprint density at radius 2 is 1.39 bits per heavy atom. The molecular formula is C27H41NO10. The first-order valence-electron chi connectivity index (χ1n) is 12.8.